The zero-order valence-corrected chi connectivity index (χ0v) is 17.6. The fraction of sp³-hybridized carbons (Fsp3) is 0.696. The van der Waals surface area contributed by atoms with Gasteiger partial charge in [-0.25, -0.2) is 0 Å². The second kappa shape index (κ2) is 8.33. The number of likely N-dealkylation sites (N-methyl/N-ethyl adjacent to an activating group) is 1. The Morgan fingerprint density at radius 2 is 1.86 bits per heavy atom. The molecule has 3 N–H and O–H groups in total. The fourth-order valence-corrected chi connectivity index (χ4v) is 6.60. The number of hydrogen-bond donors (Lipinski definition) is 3. The van der Waals surface area contributed by atoms with E-state index in [-0.39, 0.29) is 5.91 Å². The van der Waals surface area contributed by atoms with E-state index in [9.17, 15) is 9.90 Å². The number of amides is 1. The van der Waals surface area contributed by atoms with E-state index >= 15 is 0 Å². The molecular formula is C23H33ClN2O2. The highest BCUT2D eigenvalue weighted by Gasteiger charge is 2.50. The first-order valence-corrected chi connectivity index (χ1v) is 11.3. The molecule has 1 amide bonds. The van der Waals surface area contributed by atoms with Crippen molar-refractivity contribution in [3.63, 3.8) is 0 Å². The number of carbonyl (C=O) groups excluding carboxylic acids is 1. The summed E-state index contributed by atoms with van der Waals surface area (Å²) < 4.78 is 0. The molecule has 1 aromatic rings. The monoisotopic (exact) mass is 404 g/mol. The molecule has 0 spiro atoms. The number of halogens is 1. The largest absolute Gasteiger partial charge is 0.391 e. The van der Waals surface area contributed by atoms with E-state index in [0.29, 0.717) is 29.0 Å². The van der Waals surface area contributed by atoms with E-state index in [0.717, 1.165) is 36.4 Å². The zero-order valence-electron chi connectivity index (χ0n) is 16.8. The van der Waals surface area contributed by atoms with Crippen molar-refractivity contribution < 1.29 is 9.90 Å². The number of benzene rings is 1. The maximum atomic E-state index is 12.9. The Labute approximate surface area is 173 Å². The molecule has 0 saturated heterocycles. The molecule has 4 aliphatic carbocycles. The zero-order chi connectivity index (χ0) is 19.7. The van der Waals surface area contributed by atoms with Crippen molar-refractivity contribution >= 4 is 17.5 Å². The van der Waals surface area contributed by atoms with Crippen LogP contribution < -0.4 is 10.6 Å². The summed E-state index contributed by atoms with van der Waals surface area (Å²) in [7, 11) is 0. The average molecular weight is 405 g/mol. The lowest BCUT2D eigenvalue weighted by Gasteiger charge is -2.56. The molecule has 5 rings (SSSR count). The van der Waals surface area contributed by atoms with E-state index in [2.05, 4.69) is 10.6 Å². The lowest BCUT2D eigenvalue weighted by molar-refractivity contribution is -0.0503. The molecule has 1 atom stereocenters. The minimum atomic E-state index is -0.468. The normalized spacial score (nSPS) is 31.8. The second-order valence-corrected chi connectivity index (χ2v) is 9.99. The van der Waals surface area contributed by atoms with Gasteiger partial charge in [-0.2, -0.15) is 0 Å². The first-order chi connectivity index (χ1) is 13.5. The summed E-state index contributed by atoms with van der Waals surface area (Å²) in [5.74, 6) is 2.57. The van der Waals surface area contributed by atoms with Crippen molar-refractivity contribution in [3.05, 3.63) is 34.3 Å². The molecule has 1 aromatic carbocycles. The smallest absolute Gasteiger partial charge is 0.252 e. The molecule has 4 aliphatic rings. The van der Waals surface area contributed by atoms with Gasteiger partial charge in [0.05, 0.1) is 16.7 Å². The van der Waals surface area contributed by atoms with Crippen LogP contribution in [0.15, 0.2) is 18.2 Å². The van der Waals surface area contributed by atoms with Crippen LogP contribution in [0.3, 0.4) is 0 Å². The van der Waals surface area contributed by atoms with Gasteiger partial charge in [0.2, 0.25) is 0 Å². The highest BCUT2D eigenvalue weighted by molar-refractivity contribution is 6.33. The summed E-state index contributed by atoms with van der Waals surface area (Å²) in [5, 5.41) is 17.0. The quantitative estimate of drug-likeness (QED) is 0.617. The molecular weight excluding hydrogens is 372 g/mol. The number of nitrogens with one attached hydrogen (secondary N) is 2. The van der Waals surface area contributed by atoms with Gasteiger partial charge in [0.1, 0.15) is 0 Å². The number of carbonyl (C=O) groups is 1. The first-order valence-electron chi connectivity index (χ1n) is 10.9. The Morgan fingerprint density at radius 3 is 2.46 bits per heavy atom. The Bertz CT molecular complexity index is 685. The summed E-state index contributed by atoms with van der Waals surface area (Å²) in [6.07, 6.45) is 8.13. The van der Waals surface area contributed by atoms with E-state index in [1.165, 1.54) is 38.5 Å². The molecule has 0 aliphatic heterocycles. The summed E-state index contributed by atoms with van der Waals surface area (Å²) >= 11 is 6.33. The lowest BCUT2D eigenvalue weighted by atomic mass is 9.49. The van der Waals surface area contributed by atoms with E-state index < -0.39 is 6.10 Å². The van der Waals surface area contributed by atoms with Crippen LogP contribution in [0, 0.1) is 23.2 Å². The lowest BCUT2D eigenvalue weighted by Crippen LogP contribution is -2.51. The minimum Gasteiger partial charge on any atom is -0.391 e. The third kappa shape index (κ3) is 4.39. The molecule has 4 fully saturated rings. The molecule has 0 radical (unpaired) electrons. The SMILES string of the molecule is CCNC[C@@H](O)Cc1ccc(Cl)c(C(=O)NCC23CC4CC(CC(C4)C2)C3)c1. The van der Waals surface area contributed by atoms with Gasteiger partial charge in [-0.1, -0.05) is 24.6 Å². The summed E-state index contributed by atoms with van der Waals surface area (Å²) in [6, 6.07) is 5.51. The summed E-state index contributed by atoms with van der Waals surface area (Å²) in [5.41, 5.74) is 1.78. The molecule has 154 valence electrons. The molecule has 28 heavy (non-hydrogen) atoms. The Kier molecular flexibility index (Phi) is 6.01. The van der Waals surface area contributed by atoms with Crippen molar-refractivity contribution in [1.82, 2.24) is 10.6 Å². The van der Waals surface area contributed by atoms with Crippen LogP contribution in [0.5, 0.6) is 0 Å². The number of aliphatic hydroxyl groups excluding tert-OH is 1. The molecule has 4 nitrogen and oxygen atoms in total. The van der Waals surface area contributed by atoms with Gasteiger partial charge in [-0.3, -0.25) is 4.79 Å². The molecule has 4 saturated carbocycles. The maximum absolute atomic E-state index is 12.9. The topological polar surface area (TPSA) is 61.4 Å². The number of rotatable bonds is 8. The van der Waals surface area contributed by atoms with Gasteiger partial charge < -0.3 is 15.7 Å². The molecule has 0 heterocycles. The number of hydrogen-bond acceptors (Lipinski definition) is 3. The third-order valence-electron chi connectivity index (χ3n) is 7.17. The Balaban J connectivity index is 1.38. The maximum Gasteiger partial charge on any atom is 0.252 e. The van der Waals surface area contributed by atoms with E-state index in [4.69, 9.17) is 11.6 Å². The Hall–Kier alpha value is -1.10. The van der Waals surface area contributed by atoms with Crippen molar-refractivity contribution in [1.29, 1.82) is 0 Å². The highest BCUT2D eigenvalue weighted by Crippen LogP contribution is 2.59. The minimum absolute atomic E-state index is 0.0798. The second-order valence-electron chi connectivity index (χ2n) is 9.58. The summed E-state index contributed by atoms with van der Waals surface area (Å²) in [4.78, 5) is 12.9. The van der Waals surface area contributed by atoms with Crippen molar-refractivity contribution in [2.75, 3.05) is 19.6 Å². The standard InChI is InChI=1S/C23H33ClN2O2/c1-2-25-13-19(27)8-15-3-4-21(24)20(9-15)22(28)26-14-23-10-16-5-17(11-23)7-18(6-16)12-23/h3-4,9,16-19,25,27H,2,5-8,10-14H2,1H3,(H,26,28)/t16?,17?,18?,19-,23?/m0/s1. The van der Waals surface area contributed by atoms with E-state index in [1.807, 2.05) is 19.1 Å². The van der Waals surface area contributed by atoms with Gasteiger partial charge in [0.25, 0.3) is 5.91 Å². The predicted octanol–water partition coefficient (Wildman–Crippen LogP) is 3.80. The van der Waals surface area contributed by atoms with Crippen molar-refractivity contribution in [2.45, 2.75) is 58.0 Å². The predicted molar refractivity (Wildman–Crippen MR) is 113 cm³/mol. The molecule has 0 unspecified atom stereocenters. The van der Waals surface area contributed by atoms with Crippen LogP contribution in [0.1, 0.15) is 61.4 Å². The third-order valence-corrected chi connectivity index (χ3v) is 7.50. The van der Waals surface area contributed by atoms with Crippen LogP contribution in [-0.4, -0.2) is 36.8 Å². The summed E-state index contributed by atoms with van der Waals surface area (Å²) in [6.45, 7) is 4.17. The van der Waals surface area contributed by atoms with Crippen LogP contribution in [0.25, 0.3) is 0 Å². The van der Waals surface area contributed by atoms with Gasteiger partial charge in [0, 0.05) is 13.1 Å². The van der Waals surface area contributed by atoms with Crippen LogP contribution in [0.2, 0.25) is 5.02 Å². The van der Waals surface area contributed by atoms with Gasteiger partial charge in [0.15, 0.2) is 0 Å². The fourth-order valence-electron chi connectivity index (χ4n) is 6.40. The Morgan fingerprint density at radius 1 is 1.21 bits per heavy atom. The molecule has 4 bridgehead atoms. The van der Waals surface area contributed by atoms with Crippen molar-refractivity contribution in [2.24, 2.45) is 23.2 Å². The first kappa shape index (κ1) is 20.2. The van der Waals surface area contributed by atoms with Crippen LogP contribution in [0.4, 0.5) is 0 Å². The van der Waals surface area contributed by atoms with Gasteiger partial charge in [-0.05, 0) is 92.4 Å². The molecule has 0 aromatic heterocycles. The number of aliphatic hydroxyl groups is 1. The molecule has 5 heteroatoms. The van der Waals surface area contributed by atoms with Crippen LogP contribution in [-0.2, 0) is 6.42 Å². The van der Waals surface area contributed by atoms with Gasteiger partial charge in [-0.15, -0.1) is 0 Å². The average Bonchev–Trinajstić information content (AvgIpc) is 2.65. The highest BCUT2D eigenvalue weighted by atomic mass is 35.5. The van der Waals surface area contributed by atoms with Gasteiger partial charge >= 0.3 is 0 Å². The van der Waals surface area contributed by atoms with E-state index in [1.54, 1.807) is 6.07 Å². The van der Waals surface area contributed by atoms with Crippen LogP contribution >= 0.6 is 11.6 Å². The van der Waals surface area contributed by atoms with Crippen molar-refractivity contribution in [3.8, 4) is 0 Å².